The lowest BCUT2D eigenvalue weighted by Gasteiger charge is -2.24. The van der Waals surface area contributed by atoms with E-state index in [9.17, 15) is 14.4 Å². The van der Waals surface area contributed by atoms with Crippen molar-refractivity contribution < 1.29 is 14.4 Å². The van der Waals surface area contributed by atoms with Gasteiger partial charge in [0.05, 0.1) is 0 Å². The summed E-state index contributed by atoms with van der Waals surface area (Å²) in [6.45, 7) is 0.727. The van der Waals surface area contributed by atoms with Gasteiger partial charge in [-0.3, -0.25) is 14.4 Å². The first-order valence-electron chi connectivity index (χ1n) is 8.07. The molecule has 0 radical (unpaired) electrons. The van der Waals surface area contributed by atoms with Gasteiger partial charge in [-0.1, -0.05) is 30.3 Å². The molecule has 0 aliphatic heterocycles. The van der Waals surface area contributed by atoms with Gasteiger partial charge in [0.15, 0.2) is 5.78 Å². The molecule has 0 atom stereocenters. The molecule has 2 amide bonds. The van der Waals surface area contributed by atoms with E-state index < -0.39 is 11.8 Å². The van der Waals surface area contributed by atoms with Crippen LogP contribution in [0.2, 0.25) is 0 Å². The third kappa shape index (κ3) is 3.38. The quantitative estimate of drug-likeness (QED) is 0.680. The highest BCUT2D eigenvalue weighted by molar-refractivity contribution is 6.22. The third-order valence-electron chi connectivity index (χ3n) is 4.33. The van der Waals surface area contributed by atoms with Crippen molar-refractivity contribution in [3.8, 4) is 11.1 Å². The van der Waals surface area contributed by atoms with Gasteiger partial charge in [0.2, 0.25) is 11.8 Å². The molecule has 0 aromatic heterocycles. The van der Waals surface area contributed by atoms with E-state index in [0.29, 0.717) is 24.2 Å². The number of anilines is 1. The van der Waals surface area contributed by atoms with Gasteiger partial charge in [-0.25, -0.2) is 0 Å². The van der Waals surface area contributed by atoms with Crippen molar-refractivity contribution >= 4 is 23.3 Å². The van der Waals surface area contributed by atoms with Crippen molar-refractivity contribution in [2.45, 2.75) is 12.8 Å². The normalized spacial score (nSPS) is 11.8. The number of carbonyl (C=O) groups is 3. The Balaban J connectivity index is 1.92. The standard InChI is InChI=1S/C19H19N3O3/c20-17(23)7-9-22(10-8-18(21)24)12-5-6-14-13-3-1-2-4-15(13)19(25)16(14)11-12/h1-6,11H,7-10H2,(H2,20,23)(H2,21,24). The fourth-order valence-electron chi connectivity index (χ4n) is 3.07. The minimum atomic E-state index is -0.422. The summed E-state index contributed by atoms with van der Waals surface area (Å²) in [4.78, 5) is 36.7. The molecule has 0 fully saturated rings. The second kappa shape index (κ2) is 6.76. The number of nitrogens with two attached hydrogens (primary N) is 2. The van der Waals surface area contributed by atoms with Crippen LogP contribution in [0, 0.1) is 0 Å². The van der Waals surface area contributed by atoms with Crippen LogP contribution in [0.15, 0.2) is 42.5 Å². The smallest absolute Gasteiger partial charge is 0.219 e. The number of hydrogen-bond donors (Lipinski definition) is 2. The highest BCUT2D eigenvalue weighted by atomic mass is 16.1. The molecule has 128 valence electrons. The number of fused-ring (bicyclic) bond motifs is 3. The monoisotopic (exact) mass is 337 g/mol. The number of nitrogens with zero attached hydrogens (tertiary/aromatic N) is 1. The highest BCUT2D eigenvalue weighted by Crippen LogP contribution is 2.38. The second-order valence-electron chi connectivity index (χ2n) is 6.02. The zero-order valence-electron chi connectivity index (χ0n) is 13.7. The van der Waals surface area contributed by atoms with Gasteiger partial charge in [0.25, 0.3) is 0 Å². The van der Waals surface area contributed by atoms with Crippen LogP contribution in [0.25, 0.3) is 11.1 Å². The Hall–Kier alpha value is -3.15. The van der Waals surface area contributed by atoms with Gasteiger partial charge in [-0.05, 0) is 23.3 Å². The minimum Gasteiger partial charge on any atom is -0.370 e. The van der Waals surface area contributed by atoms with Crippen molar-refractivity contribution in [3.05, 3.63) is 53.6 Å². The van der Waals surface area contributed by atoms with Crippen LogP contribution in [0.4, 0.5) is 5.69 Å². The summed E-state index contributed by atoms with van der Waals surface area (Å²) in [6, 6.07) is 13.1. The predicted molar refractivity (Wildman–Crippen MR) is 95.1 cm³/mol. The Morgan fingerprint density at radius 2 is 1.36 bits per heavy atom. The SMILES string of the molecule is NC(=O)CCN(CCC(N)=O)c1ccc2c(c1)C(=O)c1ccccc1-2. The van der Waals surface area contributed by atoms with E-state index in [0.717, 1.165) is 16.8 Å². The summed E-state index contributed by atoms with van der Waals surface area (Å²) < 4.78 is 0. The Kier molecular flexibility index (Phi) is 4.52. The lowest BCUT2D eigenvalue weighted by molar-refractivity contribution is -0.118. The number of hydrogen-bond acceptors (Lipinski definition) is 4. The van der Waals surface area contributed by atoms with Crippen molar-refractivity contribution in [1.82, 2.24) is 0 Å². The first-order valence-corrected chi connectivity index (χ1v) is 8.07. The molecule has 0 heterocycles. The van der Waals surface area contributed by atoms with Gasteiger partial charge >= 0.3 is 0 Å². The topological polar surface area (TPSA) is 106 Å². The number of ketones is 1. The molecular formula is C19H19N3O3. The molecule has 0 unspecified atom stereocenters. The van der Waals surface area contributed by atoms with Crippen molar-refractivity contribution in [2.75, 3.05) is 18.0 Å². The van der Waals surface area contributed by atoms with Crippen LogP contribution in [-0.4, -0.2) is 30.7 Å². The molecule has 0 spiro atoms. The van der Waals surface area contributed by atoms with E-state index in [1.807, 2.05) is 41.3 Å². The van der Waals surface area contributed by atoms with Crippen LogP contribution in [0.5, 0.6) is 0 Å². The predicted octanol–water partition coefficient (Wildman–Crippen LogP) is 1.46. The van der Waals surface area contributed by atoms with Crippen LogP contribution in [0.1, 0.15) is 28.8 Å². The summed E-state index contributed by atoms with van der Waals surface area (Å²) in [5, 5.41) is 0. The number of carbonyl (C=O) groups excluding carboxylic acids is 3. The zero-order valence-corrected chi connectivity index (χ0v) is 13.7. The fourth-order valence-corrected chi connectivity index (χ4v) is 3.07. The Morgan fingerprint density at radius 3 is 1.96 bits per heavy atom. The summed E-state index contributed by atoms with van der Waals surface area (Å²) in [6.07, 6.45) is 0.314. The van der Waals surface area contributed by atoms with Gasteiger partial charge in [-0.15, -0.1) is 0 Å². The summed E-state index contributed by atoms with van der Waals surface area (Å²) in [5.41, 5.74) is 14.4. The van der Waals surface area contributed by atoms with Crippen LogP contribution in [-0.2, 0) is 9.59 Å². The largest absolute Gasteiger partial charge is 0.370 e. The van der Waals surface area contributed by atoms with Crippen LogP contribution >= 0.6 is 0 Å². The van der Waals surface area contributed by atoms with Crippen molar-refractivity contribution in [3.63, 3.8) is 0 Å². The number of benzene rings is 2. The molecule has 0 saturated carbocycles. The molecular weight excluding hydrogens is 318 g/mol. The molecule has 0 saturated heterocycles. The lowest BCUT2D eigenvalue weighted by atomic mass is 10.0. The first-order chi connectivity index (χ1) is 12.0. The highest BCUT2D eigenvalue weighted by Gasteiger charge is 2.27. The minimum absolute atomic E-state index is 0.0165. The first kappa shape index (κ1) is 16.7. The van der Waals surface area contributed by atoms with E-state index in [1.54, 1.807) is 6.07 Å². The molecule has 25 heavy (non-hydrogen) atoms. The van der Waals surface area contributed by atoms with Crippen LogP contribution in [0.3, 0.4) is 0 Å². The Labute approximate surface area is 145 Å². The van der Waals surface area contributed by atoms with Gasteiger partial charge < -0.3 is 16.4 Å². The van der Waals surface area contributed by atoms with Gasteiger partial charge in [-0.2, -0.15) is 0 Å². The lowest BCUT2D eigenvalue weighted by Crippen LogP contribution is -2.31. The molecule has 4 N–H and O–H groups in total. The van der Waals surface area contributed by atoms with Crippen LogP contribution < -0.4 is 16.4 Å². The van der Waals surface area contributed by atoms with Crippen molar-refractivity contribution in [1.29, 1.82) is 0 Å². The van der Waals surface area contributed by atoms with E-state index in [4.69, 9.17) is 11.5 Å². The third-order valence-corrected chi connectivity index (χ3v) is 4.33. The second-order valence-corrected chi connectivity index (χ2v) is 6.02. The summed E-state index contributed by atoms with van der Waals surface area (Å²) in [7, 11) is 0. The molecule has 3 rings (SSSR count). The molecule has 1 aliphatic rings. The average molecular weight is 337 g/mol. The molecule has 2 aromatic carbocycles. The maximum absolute atomic E-state index is 12.6. The van der Waals surface area contributed by atoms with Gasteiger partial charge in [0.1, 0.15) is 0 Å². The summed E-state index contributed by atoms with van der Waals surface area (Å²) in [5.74, 6) is -0.861. The average Bonchev–Trinajstić information content (AvgIpc) is 2.87. The fraction of sp³-hybridized carbons (Fsp3) is 0.211. The zero-order chi connectivity index (χ0) is 18.0. The Morgan fingerprint density at radius 1 is 0.800 bits per heavy atom. The Bertz CT molecular complexity index is 843. The molecule has 2 aromatic rings. The molecule has 6 nitrogen and oxygen atoms in total. The molecule has 6 heteroatoms. The number of rotatable bonds is 7. The molecule has 1 aliphatic carbocycles. The van der Waals surface area contributed by atoms with E-state index in [2.05, 4.69) is 0 Å². The van der Waals surface area contributed by atoms with E-state index in [1.165, 1.54) is 0 Å². The molecule has 0 bridgehead atoms. The van der Waals surface area contributed by atoms with Crippen molar-refractivity contribution in [2.24, 2.45) is 11.5 Å². The number of amides is 2. The van der Waals surface area contributed by atoms with Gasteiger partial charge in [0, 0.05) is 42.7 Å². The van der Waals surface area contributed by atoms with E-state index in [-0.39, 0.29) is 18.6 Å². The number of primary amides is 2. The summed E-state index contributed by atoms with van der Waals surface area (Å²) >= 11 is 0. The maximum atomic E-state index is 12.6. The van der Waals surface area contributed by atoms with E-state index >= 15 is 0 Å². The maximum Gasteiger partial charge on any atom is 0.219 e.